The molecule has 0 saturated carbocycles. The monoisotopic (exact) mass is 247 g/mol. The first-order valence-electron chi connectivity index (χ1n) is 6.40. The maximum absolute atomic E-state index is 10.9. The van der Waals surface area contributed by atoms with Crippen LogP contribution >= 0.6 is 0 Å². The molecular weight excluding hydrogens is 230 g/mol. The minimum absolute atomic E-state index is 0.286. The number of carboxylic acid groups (broad SMARTS) is 1. The summed E-state index contributed by atoms with van der Waals surface area (Å²) < 4.78 is 0. The molecule has 0 spiro atoms. The number of carbonyl (C=O) groups is 1. The van der Waals surface area contributed by atoms with Gasteiger partial charge >= 0.3 is 5.97 Å². The van der Waals surface area contributed by atoms with Gasteiger partial charge in [0.1, 0.15) is 5.82 Å². The Labute approximate surface area is 106 Å². The molecule has 3 fully saturated rings. The Morgan fingerprint density at radius 2 is 2.22 bits per heavy atom. The Morgan fingerprint density at radius 1 is 1.44 bits per heavy atom. The van der Waals surface area contributed by atoms with Crippen LogP contribution in [0.3, 0.4) is 0 Å². The van der Waals surface area contributed by atoms with Crippen LogP contribution in [0.25, 0.3) is 0 Å². The normalized spacial score (nSPS) is 30.1. The van der Waals surface area contributed by atoms with Crippen LogP contribution in [0, 0.1) is 5.92 Å². The van der Waals surface area contributed by atoms with Gasteiger partial charge in [-0.05, 0) is 44.0 Å². The minimum Gasteiger partial charge on any atom is -0.478 e. The molecule has 1 aromatic rings. The van der Waals surface area contributed by atoms with Gasteiger partial charge in [0.15, 0.2) is 0 Å². The van der Waals surface area contributed by atoms with Crippen molar-refractivity contribution in [2.45, 2.75) is 18.9 Å². The zero-order chi connectivity index (χ0) is 12.5. The largest absolute Gasteiger partial charge is 0.478 e. The van der Waals surface area contributed by atoms with Gasteiger partial charge in [0.05, 0.1) is 5.56 Å². The number of pyridine rings is 1. The number of carboxylic acids is 1. The van der Waals surface area contributed by atoms with Gasteiger partial charge < -0.3 is 15.3 Å². The van der Waals surface area contributed by atoms with Crippen LogP contribution in [-0.2, 0) is 0 Å². The molecule has 4 heterocycles. The van der Waals surface area contributed by atoms with E-state index in [-0.39, 0.29) is 5.56 Å². The molecule has 2 bridgehead atoms. The molecule has 5 heteroatoms. The van der Waals surface area contributed by atoms with Crippen molar-refractivity contribution in [3.05, 3.63) is 23.9 Å². The summed E-state index contributed by atoms with van der Waals surface area (Å²) in [4.78, 5) is 17.6. The summed E-state index contributed by atoms with van der Waals surface area (Å²) >= 11 is 0. The Bertz CT molecular complexity index is 455. The van der Waals surface area contributed by atoms with Gasteiger partial charge in [-0.1, -0.05) is 0 Å². The maximum Gasteiger partial charge on any atom is 0.335 e. The number of aromatic carboxylic acids is 1. The van der Waals surface area contributed by atoms with Crippen LogP contribution in [0.5, 0.6) is 0 Å². The molecule has 1 aromatic heterocycles. The molecule has 3 aliphatic rings. The summed E-state index contributed by atoms with van der Waals surface area (Å²) in [6.45, 7) is 3.44. The Hall–Kier alpha value is -1.62. The van der Waals surface area contributed by atoms with Gasteiger partial charge in [0.2, 0.25) is 0 Å². The highest BCUT2D eigenvalue weighted by atomic mass is 16.4. The third-order valence-electron chi connectivity index (χ3n) is 4.00. The number of hydrogen-bond acceptors (Lipinski definition) is 4. The smallest absolute Gasteiger partial charge is 0.335 e. The highest BCUT2D eigenvalue weighted by Crippen LogP contribution is 2.29. The topological polar surface area (TPSA) is 65.5 Å². The van der Waals surface area contributed by atoms with Crippen LogP contribution in [0.4, 0.5) is 5.82 Å². The van der Waals surface area contributed by atoms with E-state index in [1.54, 1.807) is 12.3 Å². The molecule has 1 unspecified atom stereocenters. The summed E-state index contributed by atoms with van der Waals surface area (Å²) in [6, 6.07) is 3.54. The van der Waals surface area contributed by atoms with Crippen molar-refractivity contribution in [2.75, 3.05) is 25.0 Å². The summed E-state index contributed by atoms with van der Waals surface area (Å²) in [5, 5.41) is 12.3. The molecule has 0 aliphatic carbocycles. The molecule has 0 radical (unpaired) electrons. The first-order chi connectivity index (χ1) is 8.72. The SMILES string of the molecule is O=C(O)c1ccnc(NC2CN3CCC2CC3)c1. The molecule has 0 amide bonds. The zero-order valence-corrected chi connectivity index (χ0v) is 10.2. The van der Waals surface area contributed by atoms with Crippen molar-refractivity contribution in [1.82, 2.24) is 9.88 Å². The van der Waals surface area contributed by atoms with Gasteiger partial charge in [-0.15, -0.1) is 0 Å². The second kappa shape index (κ2) is 4.57. The first-order valence-corrected chi connectivity index (χ1v) is 6.40. The van der Waals surface area contributed by atoms with Crippen molar-refractivity contribution in [3.8, 4) is 0 Å². The third kappa shape index (κ3) is 2.18. The lowest BCUT2D eigenvalue weighted by Gasteiger charge is -2.45. The van der Waals surface area contributed by atoms with E-state index in [2.05, 4.69) is 15.2 Å². The molecule has 5 nitrogen and oxygen atoms in total. The fourth-order valence-corrected chi connectivity index (χ4v) is 2.96. The molecule has 2 N–H and O–H groups in total. The van der Waals surface area contributed by atoms with E-state index in [0.29, 0.717) is 17.8 Å². The van der Waals surface area contributed by atoms with Gasteiger partial charge in [-0.25, -0.2) is 9.78 Å². The van der Waals surface area contributed by atoms with Crippen molar-refractivity contribution >= 4 is 11.8 Å². The highest BCUT2D eigenvalue weighted by molar-refractivity contribution is 5.88. The number of hydrogen-bond donors (Lipinski definition) is 2. The average Bonchev–Trinajstić information content (AvgIpc) is 2.40. The average molecular weight is 247 g/mol. The Morgan fingerprint density at radius 3 is 2.83 bits per heavy atom. The fraction of sp³-hybridized carbons (Fsp3) is 0.538. The molecule has 4 rings (SSSR count). The lowest BCUT2D eigenvalue weighted by atomic mass is 9.84. The number of aromatic nitrogens is 1. The summed E-state index contributed by atoms with van der Waals surface area (Å²) in [6.07, 6.45) is 4.01. The second-order valence-electron chi connectivity index (χ2n) is 5.12. The van der Waals surface area contributed by atoms with Crippen molar-refractivity contribution in [2.24, 2.45) is 5.92 Å². The fourth-order valence-electron chi connectivity index (χ4n) is 2.96. The number of anilines is 1. The summed E-state index contributed by atoms with van der Waals surface area (Å²) in [5.41, 5.74) is 0.286. The van der Waals surface area contributed by atoms with Gasteiger partial charge in [-0.2, -0.15) is 0 Å². The number of piperidine rings is 3. The van der Waals surface area contributed by atoms with E-state index in [9.17, 15) is 4.79 Å². The van der Waals surface area contributed by atoms with Gasteiger partial charge in [0, 0.05) is 18.8 Å². The standard InChI is InChI=1S/C13H17N3O2/c17-13(18)10-1-4-14-12(7-10)15-11-8-16-5-2-9(11)3-6-16/h1,4,7,9,11H,2-3,5-6,8H2,(H,14,15)(H,17,18). The van der Waals surface area contributed by atoms with E-state index in [4.69, 9.17) is 5.11 Å². The van der Waals surface area contributed by atoms with Crippen LogP contribution < -0.4 is 5.32 Å². The van der Waals surface area contributed by atoms with Gasteiger partial charge in [0.25, 0.3) is 0 Å². The lowest BCUT2D eigenvalue weighted by molar-refractivity contribution is 0.0696. The minimum atomic E-state index is -0.908. The summed E-state index contributed by atoms with van der Waals surface area (Å²) in [7, 11) is 0. The van der Waals surface area contributed by atoms with Crippen LogP contribution in [0.2, 0.25) is 0 Å². The van der Waals surface area contributed by atoms with Crippen LogP contribution in [0.15, 0.2) is 18.3 Å². The highest BCUT2D eigenvalue weighted by Gasteiger charge is 2.34. The maximum atomic E-state index is 10.9. The number of nitrogens with one attached hydrogen (secondary N) is 1. The molecule has 0 aromatic carbocycles. The zero-order valence-electron chi connectivity index (χ0n) is 10.2. The molecular formula is C13H17N3O2. The second-order valence-corrected chi connectivity index (χ2v) is 5.12. The first kappa shape index (κ1) is 11.5. The Balaban J connectivity index is 1.72. The predicted molar refractivity (Wildman–Crippen MR) is 67.8 cm³/mol. The third-order valence-corrected chi connectivity index (χ3v) is 4.00. The number of nitrogens with zero attached hydrogens (tertiary/aromatic N) is 2. The van der Waals surface area contributed by atoms with Crippen LogP contribution in [0.1, 0.15) is 23.2 Å². The Kier molecular flexibility index (Phi) is 2.91. The number of rotatable bonds is 3. The van der Waals surface area contributed by atoms with E-state index >= 15 is 0 Å². The van der Waals surface area contributed by atoms with E-state index < -0.39 is 5.97 Å². The molecule has 96 valence electrons. The quantitative estimate of drug-likeness (QED) is 0.842. The van der Waals surface area contributed by atoms with Crippen LogP contribution in [-0.4, -0.2) is 46.6 Å². The van der Waals surface area contributed by atoms with E-state index in [0.717, 1.165) is 6.54 Å². The van der Waals surface area contributed by atoms with E-state index in [1.807, 2.05) is 0 Å². The van der Waals surface area contributed by atoms with Crippen molar-refractivity contribution in [3.63, 3.8) is 0 Å². The lowest BCUT2D eigenvalue weighted by Crippen LogP contribution is -2.53. The molecule has 3 saturated heterocycles. The van der Waals surface area contributed by atoms with Gasteiger partial charge in [-0.3, -0.25) is 0 Å². The number of fused-ring (bicyclic) bond motifs is 3. The summed E-state index contributed by atoms with van der Waals surface area (Å²) in [5.74, 6) is 0.466. The van der Waals surface area contributed by atoms with E-state index in [1.165, 1.54) is 32.0 Å². The molecule has 3 aliphatic heterocycles. The van der Waals surface area contributed by atoms with Crippen molar-refractivity contribution < 1.29 is 9.90 Å². The van der Waals surface area contributed by atoms with Crippen molar-refractivity contribution in [1.29, 1.82) is 0 Å². The molecule has 1 atom stereocenters. The predicted octanol–water partition coefficient (Wildman–Crippen LogP) is 1.29. The molecule has 18 heavy (non-hydrogen) atoms.